The molecule has 1 saturated heterocycles. The molecule has 1 atom stereocenters. The molecule has 4 nitrogen and oxygen atoms in total. The molecule has 2 rings (SSSR count). The first-order chi connectivity index (χ1) is 8.93. The van der Waals surface area contributed by atoms with E-state index in [2.05, 4.69) is 24.1 Å². The molecule has 2 N–H and O–H groups in total. The smallest absolute Gasteiger partial charge is 0.330 e. The van der Waals surface area contributed by atoms with Gasteiger partial charge in [-0.05, 0) is 39.3 Å². The highest BCUT2D eigenvalue weighted by molar-refractivity contribution is 5.83. The predicted octanol–water partition coefficient (Wildman–Crippen LogP) is 2.34. The van der Waals surface area contributed by atoms with Crippen LogP contribution in [0.5, 0.6) is 0 Å². The normalized spacial score (nSPS) is 23.8. The van der Waals surface area contributed by atoms with E-state index in [1.54, 1.807) is 0 Å². The Morgan fingerprint density at radius 1 is 1.37 bits per heavy atom. The Hall–Kier alpha value is -1.55. The van der Waals surface area contributed by atoms with Gasteiger partial charge in [0.05, 0.1) is 0 Å². The first-order valence-corrected chi connectivity index (χ1v) is 6.75. The average Bonchev–Trinajstić information content (AvgIpc) is 2.78. The average molecular weight is 262 g/mol. The maximum atomic E-state index is 11.7. The topological polar surface area (TPSA) is 52.6 Å². The van der Waals surface area contributed by atoms with Crippen molar-refractivity contribution in [3.8, 4) is 0 Å². The van der Waals surface area contributed by atoms with E-state index in [1.165, 1.54) is 5.56 Å². The summed E-state index contributed by atoms with van der Waals surface area (Å²) in [5.41, 5.74) is 1.18. The third kappa shape index (κ3) is 2.89. The molecule has 104 valence electrons. The van der Waals surface area contributed by atoms with Gasteiger partial charge in [-0.25, -0.2) is 4.79 Å². The van der Waals surface area contributed by atoms with Crippen molar-refractivity contribution in [2.45, 2.75) is 38.8 Å². The zero-order valence-corrected chi connectivity index (χ0v) is 11.8. The molecule has 4 heteroatoms. The van der Waals surface area contributed by atoms with E-state index in [1.807, 2.05) is 31.2 Å². The molecule has 19 heavy (non-hydrogen) atoms. The van der Waals surface area contributed by atoms with Crippen LogP contribution in [0.15, 0.2) is 24.3 Å². The van der Waals surface area contributed by atoms with E-state index in [9.17, 15) is 9.90 Å². The molecule has 0 spiro atoms. The van der Waals surface area contributed by atoms with E-state index >= 15 is 0 Å². The summed E-state index contributed by atoms with van der Waals surface area (Å²) < 4.78 is 0. The molecule has 1 heterocycles. The number of anilines is 1. The van der Waals surface area contributed by atoms with Gasteiger partial charge in [-0.15, -0.1) is 0 Å². The van der Waals surface area contributed by atoms with E-state index < -0.39 is 11.5 Å². The lowest BCUT2D eigenvalue weighted by molar-refractivity contribution is -0.141. The molecule has 1 aliphatic heterocycles. The maximum Gasteiger partial charge on any atom is 0.330 e. The van der Waals surface area contributed by atoms with Crippen LogP contribution < -0.4 is 5.32 Å². The Bertz CT molecular complexity index is 456. The number of aliphatic carboxylic acids is 1. The second-order valence-corrected chi connectivity index (χ2v) is 5.69. The molecule has 1 unspecified atom stereocenters. The van der Waals surface area contributed by atoms with Crippen LogP contribution in [0.4, 0.5) is 5.69 Å². The molecule has 0 aromatic heterocycles. The highest BCUT2D eigenvalue weighted by Crippen LogP contribution is 2.28. The first kappa shape index (κ1) is 13.9. The number of rotatable bonds is 4. The standard InChI is InChI=1S/C15H22N2O2/c1-11(2)17-9-8-15(10-17,14(18)19)16-13-6-4-12(3)5-7-13/h4-7,11,16H,8-10H2,1-3H3,(H,18,19). The summed E-state index contributed by atoms with van der Waals surface area (Å²) in [6, 6.07) is 8.25. The summed E-state index contributed by atoms with van der Waals surface area (Å²) in [6.07, 6.45) is 0.633. The van der Waals surface area contributed by atoms with Gasteiger partial charge in [-0.2, -0.15) is 0 Å². The van der Waals surface area contributed by atoms with Crippen molar-refractivity contribution in [3.05, 3.63) is 29.8 Å². The third-order valence-electron chi connectivity index (χ3n) is 3.87. The van der Waals surface area contributed by atoms with E-state index in [-0.39, 0.29) is 0 Å². The Morgan fingerprint density at radius 3 is 2.47 bits per heavy atom. The molecule has 0 saturated carbocycles. The number of carboxylic acid groups (broad SMARTS) is 1. The van der Waals surface area contributed by atoms with E-state index in [0.717, 1.165) is 12.2 Å². The summed E-state index contributed by atoms with van der Waals surface area (Å²) in [7, 11) is 0. The van der Waals surface area contributed by atoms with Gasteiger partial charge in [0, 0.05) is 24.8 Å². The van der Waals surface area contributed by atoms with Crippen LogP contribution in [0.1, 0.15) is 25.8 Å². The summed E-state index contributed by atoms with van der Waals surface area (Å²) >= 11 is 0. The van der Waals surface area contributed by atoms with Gasteiger partial charge in [0.1, 0.15) is 5.54 Å². The quantitative estimate of drug-likeness (QED) is 0.874. The number of benzene rings is 1. The fourth-order valence-electron chi connectivity index (χ4n) is 2.52. The van der Waals surface area contributed by atoms with Gasteiger partial charge in [-0.1, -0.05) is 17.7 Å². The van der Waals surface area contributed by atoms with Crippen molar-refractivity contribution in [1.29, 1.82) is 0 Å². The predicted molar refractivity (Wildman–Crippen MR) is 76.5 cm³/mol. The fraction of sp³-hybridized carbons (Fsp3) is 0.533. The van der Waals surface area contributed by atoms with Gasteiger partial charge in [0.15, 0.2) is 0 Å². The molecule has 0 amide bonds. The van der Waals surface area contributed by atoms with Gasteiger partial charge in [0.2, 0.25) is 0 Å². The third-order valence-corrected chi connectivity index (χ3v) is 3.87. The lowest BCUT2D eigenvalue weighted by Gasteiger charge is -2.28. The molecular formula is C15H22N2O2. The number of hydrogen-bond acceptors (Lipinski definition) is 3. The number of likely N-dealkylation sites (tertiary alicyclic amines) is 1. The summed E-state index contributed by atoms with van der Waals surface area (Å²) in [5, 5.41) is 12.8. The monoisotopic (exact) mass is 262 g/mol. The van der Waals surface area contributed by atoms with Crippen LogP contribution in [0, 0.1) is 6.92 Å². The lowest BCUT2D eigenvalue weighted by atomic mass is 9.98. The molecule has 1 fully saturated rings. The second-order valence-electron chi connectivity index (χ2n) is 5.69. The Kier molecular flexibility index (Phi) is 3.80. The number of hydrogen-bond donors (Lipinski definition) is 2. The van der Waals surface area contributed by atoms with E-state index in [0.29, 0.717) is 19.0 Å². The van der Waals surface area contributed by atoms with Crippen molar-refractivity contribution in [1.82, 2.24) is 4.90 Å². The van der Waals surface area contributed by atoms with Crippen LogP contribution in [0.25, 0.3) is 0 Å². The number of carboxylic acids is 1. The first-order valence-electron chi connectivity index (χ1n) is 6.75. The second kappa shape index (κ2) is 5.21. The maximum absolute atomic E-state index is 11.7. The Labute approximate surface area is 114 Å². The van der Waals surface area contributed by atoms with Gasteiger partial charge >= 0.3 is 5.97 Å². The zero-order valence-electron chi connectivity index (χ0n) is 11.8. The number of aryl methyl sites for hydroxylation is 1. The van der Waals surface area contributed by atoms with Crippen LogP contribution in [-0.4, -0.2) is 40.6 Å². The van der Waals surface area contributed by atoms with Crippen LogP contribution in [0.2, 0.25) is 0 Å². The van der Waals surface area contributed by atoms with Crippen molar-refractivity contribution in [2.75, 3.05) is 18.4 Å². The molecule has 1 aromatic rings. The van der Waals surface area contributed by atoms with Gasteiger partial charge in [0.25, 0.3) is 0 Å². The SMILES string of the molecule is Cc1ccc(NC2(C(=O)O)CCN(C(C)C)C2)cc1. The molecular weight excluding hydrogens is 240 g/mol. The summed E-state index contributed by atoms with van der Waals surface area (Å²) in [5.74, 6) is -0.767. The van der Waals surface area contributed by atoms with Crippen molar-refractivity contribution in [3.63, 3.8) is 0 Å². The lowest BCUT2D eigenvalue weighted by Crippen LogP contribution is -2.49. The highest BCUT2D eigenvalue weighted by Gasteiger charge is 2.45. The number of nitrogens with zero attached hydrogens (tertiary/aromatic N) is 1. The van der Waals surface area contributed by atoms with Crippen LogP contribution in [0.3, 0.4) is 0 Å². The fourth-order valence-corrected chi connectivity index (χ4v) is 2.52. The zero-order chi connectivity index (χ0) is 14.0. The Balaban J connectivity index is 2.17. The minimum Gasteiger partial charge on any atom is -0.479 e. The van der Waals surface area contributed by atoms with Crippen molar-refractivity contribution in [2.24, 2.45) is 0 Å². The molecule has 0 bridgehead atoms. The van der Waals surface area contributed by atoms with Crippen molar-refractivity contribution < 1.29 is 9.90 Å². The van der Waals surface area contributed by atoms with Crippen LogP contribution in [-0.2, 0) is 4.79 Å². The number of carbonyl (C=O) groups is 1. The summed E-state index contributed by atoms with van der Waals surface area (Å²) in [6.45, 7) is 7.59. The minimum absolute atomic E-state index is 0.376. The number of nitrogens with one attached hydrogen (secondary N) is 1. The summed E-state index contributed by atoms with van der Waals surface area (Å²) in [4.78, 5) is 13.9. The van der Waals surface area contributed by atoms with Crippen LogP contribution >= 0.6 is 0 Å². The molecule has 1 aliphatic rings. The molecule has 0 aliphatic carbocycles. The highest BCUT2D eigenvalue weighted by atomic mass is 16.4. The minimum atomic E-state index is -0.862. The van der Waals surface area contributed by atoms with E-state index in [4.69, 9.17) is 0 Å². The molecule has 0 radical (unpaired) electrons. The largest absolute Gasteiger partial charge is 0.479 e. The van der Waals surface area contributed by atoms with Gasteiger partial charge < -0.3 is 10.4 Å². The molecule has 1 aromatic carbocycles. The van der Waals surface area contributed by atoms with Gasteiger partial charge in [-0.3, -0.25) is 4.90 Å². The van der Waals surface area contributed by atoms with Crippen molar-refractivity contribution >= 4 is 11.7 Å². The Morgan fingerprint density at radius 2 is 2.00 bits per heavy atom.